The van der Waals surface area contributed by atoms with Crippen molar-refractivity contribution in [1.29, 1.82) is 0 Å². The van der Waals surface area contributed by atoms with Crippen LogP contribution in [0.25, 0.3) is 6.08 Å². The SMILES string of the molecule is Cc1ccc(/C=C/C[C@@]2(c3ccc4c(c3)OCO4)CCCCC2=O)cc1. The molecular weight excluding hydrogens is 324 g/mol. The van der Waals surface area contributed by atoms with Gasteiger partial charge >= 0.3 is 0 Å². The summed E-state index contributed by atoms with van der Waals surface area (Å²) < 4.78 is 11.0. The minimum atomic E-state index is -0.444. The highest BCUT2D eigenvalue weighted by atomic mass is 16.7. The Bertz CT molecular complexity index is 835. The van der Waals surface area contributed by atoms with Crippen LogP contribution in [-0.4, -0.2) is 12.6 Å². The number of hydrogen-bond acceptors (Lipinski definition) is 3. The van der Waals surface area contributed by atoms with Crippen molar-refractivity contribution in [2.24, 2.45) is 0 Å². The first kappa shape index (κ1) is 16.9. The Kier molecular flexibility index (Phi) is 4.54. The highest BCUT2D eigenvalue weighted by Crippen LogP contribution is 2.44. The van der Waals surface area contributed by atoms with Crippen molar-refractivity contribution in [1.82, 2.24) is 0 Å². The molecule has 0 bridgehead atoms. The maximum atomic E-state index is 13.0. The number of benzene rings is 2. The molecule has 1 atom stereocenters. The molecule has 0 unspecified atom stereocenters. The minimum absolute atomic E-state index is 0.257. The number of ketones is 1. The van der Waals surface area contributed by atoms with Crippen molar-refractivity contribution in [3.8, 4) is 11.5 Å². The van der Waals surface area contributed by atoms with E-state index in [2.05, 4.69) is 43.3 Å². The van der Waals surface area contributed by atoms with E-state index in [4.69, 9.17) is 9.47 Å². The van der Waals surface area contributed by atoms with Crippen LogP contribution in [0.4, 0.5) is 0 Å². The van der Waals surface area contributed by atoms with Crippen molar-refractivity contribution < 1.29 is 14.3 Å². The first-order chi connectivity index (χ1) is 12.7. The van der Waals surface area contributed by atoms with E-state index in [0.29, 0.717) is 12.2 Å². The molecule has 1 aliphatic carbocycles. The lowest BCUT2D eigenvalue weighted by atomic mass is 9.66. The van der Waals surface area contributed by atoms with Gasteiger partial charge in [0.25, 0.3) is 0 Å². The number of ether oxygens (including phenoxy) is 2. The van der Waals surface area contributed by atoms with Gasteiger partial charge < -0.3 is 9.47 Å². The molecule has 1 aliphatic heterocycles. The zero-order valence-electron chi connectivity index (χ0n) is 15.2. The summed E-state index contributed by atoms with van der Waals surface area (Å²) in [5, 5.41) is 0. The zero-order valence-corrected chi connectivity index (χ0v) is 15.2. The lowest BCUT2D eigenvalue weighted by Gasteiger charge is -2.35. The average molecular weight is 348 g/mol. The third-order valence-corrected chi connectivity index (χ3v) is 5.57. The molecule has 0 saturated heterocycles. The van der Waals surface area contributed by atoms with E-state index in [9.17, 15) is 4.79 Å². The third-order valence-electron chi connectivity index (χ3n) is 5.57. The molecule has 1 fully saturated rings. The predicted octanol–water partition coefficient (Wildman–Crippen LogP) is 5.21. The van der Waals surface area contributed by atoms with Crippen molar-refractivity contribution >= 4 is 11.9 Å². The molecule has 4 rings (SSSR count). The van der Waals surface area contributed by atoms with Crippen molar-refractivity contribution in [2.75, 3.05) is 6.79 Å². The standard InChI is InChI=1S/C23H24O3/c1-17-7-9-18(10-8-17)5-4-14-23(13-3-2-6-22(23)24)19-11-12-20-21(15-19)26-16-25-20/h4-5,7-12,15H,2-3,6,13-14,16H2,1H3/b5-4+/t23-/m1/s1. The molecular formula is C23H24O3. The van der Waals surface area contributed by atoms with Gasteiger partial charge in [-0.3, -0.25) is 4.79 Å². The maximum Gasteiger partial charge on any atom is 0.231 e. The Labute approximate surface area is 154 Å². The van der Waals surface area contributed by atoms with E-state index >= 15 is 0 Å². The molecule has 26 heavy (non-hydrogen) atoms. The average Bonchev–Trinajstić information content (AvgIpc) is 3.13. The number of aryl methyl sites for hydroxylation is 1. The highest BCUT2D eigenvalue weighted by molar-refractivity contribution is 5.91. The summed E-state index contributed by atoms with van der Waals surface area (Å²) in [7, 11) is 0. The summed E-state index contributed by atoms with van der Waals surface area (Å²) >= 11 is 0. The molecule has 134 valence electrons. The van der Waals surface area contributed by atoms with Gasteiger partial charge in [0.15, 0.2) is 11.5 Å². The van der Waals surface area contributed by atoms with Crippen LogP contribution in [0, 0.1) is 6.92 Å². The Morgan fingerprint density at radius 2 is 1.85 bits per heavy atom. The maximum absolute atomic E-state index is 13.0. The Morgan fingerprint density at radius 1 is 1.04 bits per heavy atom. The lowest BCUT2D eigenvalue weighted by molar-refractivity contribution is -0.126. The molecule has 2 aromatic carbocycles. The summed E-state index contributed by atoms with van der Waals surface area (Å²) in [6, 6.07) is 14.4. The van der Waals surface area contributed by atoms with Crippen LogP contribution >= 0.6 is 0 Å². The van der Waals surface area contributed by atoms with E-state index in [1.54, 1.807) is 0 Å². The quantitative estimate of drug-likeness (QED) is 0.761. The highest BCUT2D eigenvalue weighted by Gasteiger charge is 2.41. The Hall–Kier alpha value is -2.55. The largest absolute Gasteiger partial charge is 0.454 e. The number of rotatable bonds is 4. The van der Waals surface area contributed by atoms with Gasteiger partial charge in [-0.15, -0.1) is 0 Å². The van der Waals surface area contributed by atoms with Gasteiger partial charge in [-0.1, -0.05) is 54.5 Å². The molecule has 0 spiro atoms. The second kappa shape index (κ2) is 6.99. The van der Waals surface area contributed by atoms with Gasteiger partial charge in [0, 0.05) is 6.42 Å². The van der Waals surface area contributed by atoms with Gasteiger partial charge in [-0.25, -0.2) is 0 Å². The van der Waals surface area contributed by atoms with Crippen LogP contribution in [0.15, 0.2) is 48.5 Å². The summed E-state index contributed by atoms with van der Waals surface area (Å²) in [6.45, 7) is 2.34. The summed E-state index contributed by atoms with van der Waals surface area (Å²) in [4.78, 5) is 13.0. The van der Waals surface area contributed by atoms with E-state index < -0.39 is 5.41 Å². The van der Waals surface area contributed by atoms with Crippen molar-refractivity contribution in [3.63, 3.8) is 0 Å². The zero-order chi connectivity index (χ0) is 18.0. The summed E-state index contributed by atoms with van der Waals surface area (Å²) in [5.74, 6) is 1.86. The molecule has 2 aliphatic rings. The summed E-state index contributed by atoms with van der Waals surface area (Å²) in [6.07, 6.45) is 8.62. The second-order valence-corrected chi connectivity index (χ2v) is 7.30. The smallest absolute Gasteiger partial charge is 0.231 e. The Morgan fingerprint density at radius 3 is 2.65 bits per heavy atom. The summed E-state index contributed by atoms with van der Waals surface area (Å²) in [5.41, 5.74) is 3.03. The minimum Gasteiger partial charge on any atom is -0.454 e. The van der Waals surface area contributed by atoms with Gasteiger partial charge in [0.05, 0.1) is 5.41 Å². The van der Waals surface area contributed by atoms with Crippen LogP contribution in [0.3, 0.4) is 0 Å². The number of carbonyl (C=O) groups excluding carboxylic acids is 1. The fourth-order valence-electron chi connectivity index (χ4n) is 4.00. The normalized spacial score (nSPS) is 22.1. The number of allylic oxidation sites excluding steroid dienone is 1. The van der Waals surface area contributed by atoms with Crippen molar-refractivity contribution in [2.45, 2.75) is 44.4 Å². The Balaban J connectivity index is 1.63. The molecule has 0 N–H and O–H groups in total. The molecule has 1 saturated carbocycles. The van der Waals surface area contributed by atoms with E-state index in [1.807, 2.05) is 18.2 Å². The number of Topliss-reactive ketones (excluding diaryl/α,β-unsaturated/α-hetero) is 1. The molecule has 2 aromatic rings. The van der Waals surface area contributed by atoms with E-state index in [1.165, 1.54) is 11.1 Å². The molecule has 3 heteroatoms. The van der Waals surface area contributed by atoms with E-state index in [0.717, 1.165) is 42.7 Å². The number of carbonyl (C=O) groups is 1. The molecule has 1 heterocycles. The van der Waals surface area contributed by atoms with Gasteiger partial charge in [-0.2, -0.15) is 0 Å². The van der Waals surface area contributed by atoms with Crippen LogP contribution in [0.1, 0.15) is 48.8 Å². The third kappa shape index (κ3) is 3.14. The molecule has 0 aromatic heterocycles. The number of fused-ring (bicyclic) bond motifs is 1. The molecule has 0 amide bonds. The topological polar surface area (TPSA) is 35.5 Å². The van der Waals surface area contributed by atoms with Crippen LogP contribution in [-0.2, 0) is 10.2 Å². The van der Waals surface area contributed by atoms with Gasteiger partial charge in [0.2, 0.25) is 6.79 Å². The monoisotopic (exact) mass is 348 g/mol. The molecule has 3 nitrogen and oxygen atoms in total. The first-order valence-corrected chi connectivity index (χ1v) is 9.34. The van der Waals surface area contributed by atoms with Crippen LogP contribution in [0.5, 0.6) is 11.5 Å². The van der Waals surface area contributed by atoms with E-state index in [-0.39, 0.29) is 6.79 Å². The van der Waals surface area contributed by atoms with Gasteiger partial charge in [0.1, 0.15) is 5.78 Å². The fourth-order valence-corrected chi connectivity index (χ4v) is 4.00. The molecule has 0 radical (unpaired) electrons. The van der Waals surface area contributed by atoms with Crippen LogP contribution in [0.2, 0.25) is 0 Å². The fraction of sp³-hybridized carbons (Fsp3) is 0.348. The van der Waals surface area contributed by atoms with Crippen molar-refractivity contribution in [3.05, 3.63) is 65.2 Å². The number of hydrogen-bond donors (Lipinski definition) is 0. The lowest BCUT2D eigenvalue weighted by Crippen LogP contribution is -2.38. The first-order valence-electron chi connectivity index (χ1n) is 9.34. The van der Waals surface area contributed by atoms with Crippen LogP contribution < -0.4 is 9.47 Å². The predicted molar refractivity (Wildman–Crippen MR) is 103 cm³/mol. The van der Waals surface area contributed by atoms with Gasteiger partial charge in [-0.05, 0) is 49.4 Å². The second-order valence-electron chi connectivity index (χ2n) is 7.30.